The summed E-state index contributed by atoms with van der Waals surface area (Å²) in [6.45, 7) is 1.86. The summed E-state index contributed by atoms with van der Waals surface area (Å²) in [4.78, 5) is 12.3. The summed E-state index contributed by atoms with van der Waals surface area (Å²) in [5.74, 6) is -0.192. The number of halogens is 3. The van der Waals surface area contributed by atoms with Crippen molar-refractivity contribution in [2.24, 2.45) is 0 Å². The van der Waals surface area contributed by atoms with Gasteiger partial charge in [0.05, 0.1) is 11.3 Å². The van der Waals surface area contributed by atoms with Gasteiger partial charge in [-0.05, 0) is 66.6 Å². The lowest BCUT2D eigenvalue weighted by Crippen LogP contribution is -2.15. The monoisotopic (exact) mass is 482 g/mol. The van der Waals surface area contributed by atoms with Crippen LogP contribution in [0.5, 0.6) is 0 Å². The lowest BCUT2D eigenvalue weighted by atomic mass is 10.1. The van der Waals surface area contributed by atoms with E-state index in [0.29, 0.717) is 16.4 Å². The molecule has 2 N–H and O–H groups in total. The first-order valence-electron chi connectivity index (χ1n) is 8.76. The summed E-state index contributed by atoms with van der Waals surface area (Å²) in [6.07, 6.45) is 0.138. The molecule has 3 aromatic rings. The summed E-state index contributed by atoms with van der Waals surface area (Å²) in [5, 5.41) is 3.88. The molecule has 0 aliphatic carbocycles. The fourth-order valence-corrected chi connectivity index (χ4v) is 4.75. The van der Waals surface area contributed by atoms with Gasteiger partial charge in [-0.1, -0.05) is 46.9 Å². The van der Waals surface area contributed by atoms with Gasteiger partial charge in [0.1, 0.15) is 0 Å². The Bertz CT molecular complexity index is 1180. The van der Waals surface area contributed by atoms with Crippen molar-refractivity contribution in [3.05, 3.63) is 86.9 Å². The highest BCUT2D eigenvalue weighted by Gasteiger charge is 2.16. The van der Waals surface area contributed by atoms with E-state index in [-0.39, 0.29) is 27.3 Å². The maximum absolute atomic E-state index is 12.5. The molecule has 0 heterocycles. The summed E-state index contributed by atoms with van der Waals surface area (Å²) < 4.78 is 27.5. The second-order valence-corrected chi connectivity index (χ2v) is 9.58. The number of anilines is 2. The number of aryl methyl sites for hydroxylation is 1. The molecule has 0 saturated carbocycles. The van der Waals surface area contributed by atoms with E-state index in [9.17, 15) is 13.2 Å². The molecule has 0 unspecified atom stereocenters. The van der Waals surface area contributed by atoms with E-state index in [1.165, 1.54) is 18.2 Å². The second kappa shape index (κ2) is 9.27. The van der Waals surface area contributed by atoms with Crippen molar-refractivity contribution in [1.82, 2.24) is 0 Å². The standard InChI is InChI=1S/C21H17Cl3N2O3S/c1-13-8-15(22)4-7-20(13)25-21(27)9-14-2-5-18(6-3-14)26-30(28,29)19-11-16(23)10-17(24)12-19/h2-8,10-12,26H,9H2,1H3,(H,25,27). The number of rotatable bonds is 6. The smallest absolute Gasteiger partial charge is 0.261 e. The van der Waals surface area contributed by atoms with Crippen LogP contribution in [0.25, 0.3) is 0 Å². The maximum Gasteiger partial charge on any atom is 0.261 e. The molecule has 3 aromatic carbocycles. The average molecular weight is 484 g/mol. The second-order valence-electron chi connectivity index (χ2n) is 6.59. The number of benzene rings is 3. The molecule has 0 saturated heterocycles. The third kappa shape index (κ3) is 5.89. The van der Waals surface area contributed by atoms with E-state index in [4.69, 9.17) is 34.8 Å². The molecule has 30 heavy (non-hydrogen) atoms. The normalized spacial score (nSPS) is 11.2. The van der Waals surface area contributed by atoms with Crippen LogP contribution in [0.4, 0.5) is 11.4 Å². The van der Waals surface area contributed by atoms with Gasteiger partial charge in [-0.3, -0.25) is 9.52 Å². The van der Waals surface area contributed by atoms with Crippen molar-refractivity contribution >= 4 is 62.1 Å². The van der Waals surface area contributed by atoms with Gasteiger partial charge in [0.15, 0.2) is 0 Å². The van der Waals surface area contributed by atoms with Crippen LogP contribution in [0.3, 0.4) is 0 Å². The highest BCUT2D eigenvalue weighted by atomic mass is 35.5. The van der Waals surface area contributed by atoms with Crippen molar-refractivity contribution in [2.75, 3.05) is 10.0 Å². The molecule has 0 bridgehead atoms. The van der Waals surface area contributed by atoms with Crippen molar-refractivity contribution in [2.45, 2.75) is 18.2 Å². The molecule has 0 spiro atoms. The third-order valence-corrected chi connectivity index (χ3v) is 6.21. The largest absolute Gasteiger partial charge is 0.326 e. The van der Waals surface area contributed by atoms with Crippen molar-refractivity contribution < 1.29 is 13.2 Å². The minimum Gasteiger partial charge on any atom is -0.326 e. The Kier molecular flexibility index (Phi) is 6.93. The van der Waals surface area contributed by atoms with E-state index in [0.717, 1.165) is 11.1 Å². The maximum atomic E-state index is 12.5. The zero-order valence-electron chi connectivity index (χ0n) is 15.7. The lowest BCUT2D eigenvalue weighted by molar-refractivity contribution is -0.115. The molecular weight excluding hydrogens is 467 g/mol. The molecule has 0 atom stereocenters. The molecule has 1 amide bonds. The number of carbonyl (C=O) groups is 1. The number of hydrogen-bond acceptors (Lipinski definition) is 3. The van der Waals surface area contributed by atoms with Crippen LogP contribution in [-0.4, -0.2) is 14.3 Å². The van der Waals surface area contributed by atoms with Crippen LogP contribution in [-0.2, 0) is 21.2 Å². The molecular formula is C21H17Cl3N2O3S. The fourth-order valence-electron chi connectivity index (χ4n) is 2.74. The van der Waals surface area contributed by atoms with Crippen LogP contribution in [0.2, 0.25) is 15.1 Å². The van der Waals surface area contributed by atoms with E-state index in [2.05, 4.69) is 10.0 Å². The molecule has 156 valence electrons. The minimum atomic E-state index is -3.85. The molecule has 3 rings (SSSR count). The van der Waals surface area contributed by atoms with E-state index in [1.807, 2.05) is 6.92 Å². The Morgan fingerprint density at radius 3 is 2.10 bits per heavy atom. The van der Waals surface area contributed by atoms with Crippen LogP contribution < -0.4 is 10.0 Å². The lowest BCUT2D eigenvalue weighted by Gasteiger charge is -2.11. The molecule has 9 heteroatoms. The quantitative estimate of drug-likeness (QED) is 0.456. The first-order chi connectivity index (χ1) is 14.1. The average Bonchev–Trinajstić information content (AvgIpc) is 2.65. The molecule has 0 aromatic heterocycles. The Morgan fingerprint density at radius 2 is 1.50 bits per heavy atom. The molecule has 5 nitrogen and oxygen atoms in total. The van der Waals surface area contributed by atoms with Gasteiger partial charge in [-0.25, -0.2) is 8.42 Å². The van der Waals surface area contributed by atoms with Crippen molar-refractivity contribution in [3.8, 4) is 0 Å². The SMILES string of the molecule is Cc1cc(Cl)ccc1NC(=O)Cc1ccc(NS(=O)(=O)c2cc(Cl)cc(Cl)c2)cc1. The predicted molar refractivity (Wildman–Crippen MR) is 122 cm³/mol. The number of amides is 1. The van der Waals surface area contributed by atoms with Crippen molar-refractivity contribution in [3.63, 3.8) is 0 Å². The Labute approximate surface area is 190 Å². The fraction of sp³-hybridized carbons (Fsp3) is 0.0952. The van der Waals surface area contributed by atoms with Crippen LogP contribution in [0.15, 0.2) is 65.6 Å². The number of nitrogens with one attached hydrogen (secondary N) is 2. The summed E-state index contributed by atoms with van der Waals surface area (Å²) >= 11 is 17.7. The highest BCUT2D eigenvalue weighted by molar-refractivity contribution is 7.92. The number of carbonyl (C=O) groups excluding carboxylic acids is 1. The molecule has 0 aliphatic rings. The van der Waals surface area contributed by atoms with Crippen LogP contribution in [0.1, 0.15) is 11.1 Å². The van der Waals surface area contributed by atoms with Gasteiger partial charge < -0.3 is 5.32 Å². The van der Waals surface area contributed by atoms with E-state index < -0.39 is 10.0 Å². The Balaban J connectivity index is 1.66. The Hall–Kier alpha value is -2.25. The van der Waals surface area contributed by atoms with Crippen LogP contribution >= 0.6 is 34.8 Å². The third-order valence-electron chi connectivity index (χ3n) is 4.18. The topological polar surface area (TPSA) is 75.3 Å². The number of sulfonamides is 1. The zero-order chi connectivity index (χ0) is 21.9. The number of hydrogen-bond donors (Lipinski definition) is 2. The molecule has 0 fully saturated rings. The van der Waals surface area contributed by atoms with Gasteiger partial charge in [0.2, 0.25) is 5.91 Å². The first-order valence-corrected chi connectivity index (χ1v) is 11.4. The van der Waals surface area contributed by atoms with Gasteiger partial charge in [0, 0.05) is 26.4 Å². The zero-order valence-corrected chi connectivity index (χ0v) is 18.8. The van der Waals surface area contributed by atoms with Crippen LogP contribution in [0, 0.1) is 6.92 Å². The van der Waals surface area contributed by atoms with Gasteiger partial charge >= 0.3 is 0 Å². The first kappa shape index (κ1) is 22.4. The molecule has 0 radical (unpaired) electrons. The Morgan fingerprint density at radius 1 is 0.867 bits per heavy atom. The molecule has 0 aliphatic heterocycles. The van der Waals surface area contributed by atoms with E-state index in [1.54, 1.807) is 42.5 Å². The van der Waals surface area contributed by atoms with E-state index >= 15 is 0 Å². The highest BCUT2D eigenvalue weighted by Crippen LogP contribution is 2.24. The van der Waals surface area contributed by atoms with Crippen molar-refractivity contribution in [1.29, 1.82) is 0 Å². The van der Waals surface area contributed by atoms with Gasteiger partial charge in [-0.2, -0.15) is 0 Å². The van der Waals surface area contributed by atoms with Gasteiger partial charge in [-0.15, -0.1) is 0 Å². The van der Waals surface area contributed by atoms with Gasteiger partial charge in [0.25, 0.3) is 10.0 Å². The minimum absolute atomic E-state index is 0.0400. The summed E-state index contributed by atoms with van der Waals surface area (Å²) in [7, 11) is -3.85. The summed E-state index contributed by atoms with van der Waals surface area (Å²) in [5.41, 5.74) is 2.63. The predicted octanol–water partition coefficient (Wildman–Crippen LogP) is 5.94. The summed E-state index contributed by atoms with van der Waals surface area (Å²) in [6, 6.07) is 15.8.